The van der Waals surface area contributed by atoms with Gasteiger partial charge in [0.2, 0.25) is 0 Å². The first-order valence-corrected chi connectivity index (χ1v) is 6.80. The van der Waals surface area contributed by atoms with E-state index < -0.39 is 5.76 Å². The molecule has 3 aromatic rings. The van der Waals surface area contributed by atoms with Crippen molar-refractivity contribution in [1.82, 2.24) is 4.98 Å². The first-order chi connectivity index (χ1) is 9.22. The number of hydrogen-bond acceptors (Lipinski definition) is 4. The normalized spacial score (nSPS) is 10.9. The van der Waals surface area contributed by atoms with Crippen molar-refractivity contribution in [3.8, 4) is 0 Å². The van der Waals surface area contributed by atoms with Crippen LogP contribution in [-0.4, -0.2) is 4.98 Å². The second kappa shape index (κ2) is 4.85. The van der Waals surface area contributed by atoms with Gasteiger partial charge >= 0.3 is 5.76 Å². The Morgan fingerprint density at radius 3 is 2.79 bits per heavy atom. The van der Waals surface area contributed by atoms with Crippen LogP contribution in [0.15, 0.2) is 56.6 Å². The molecule has 0 unspecified atom stereocenters. The number of fused-ring (bicyclic) bond motifs is 1. The number of thioether (sulfide) groups is 1. The van der Waals surface area contributed by atoms with Crippen molar-refractivity contribution >= 4 is 28.5 Å². The van der Waals surface area contributed by atoms with Gasteiger partial charge in [-0.15, -0.1) is 11.8 Å². The maximum atomic E-state index is 11.1. The second-order valence-electron chi connectivity index (χ2n) is 4.17. The summed E-state index contributed by atoms with van der Waals surface area (Å²) in [7, 11) is 0. The van der Waals surface area contributed by atoms with Crippen molar-refractivity contribution in [2.45, 2.75) is 10.6 Å². The Hall–Kier alpha value is -2.14. The lowest BCUT2D eigenvalue weighted by molar-refractivity contribution is 0.555. The highest BCUT2D eigenvalue weighted by molar-refractivity contribution is 7.98. The molecule has 0 aliphatic carbocycles. The molecule has 0 fully saturated rings. The van der Waals surface area contributed by atoms with Crippen LogP contribution in [0.2, 0.25) is 0 Å². The Morgan fingerprint density at radius 2 is 2.00 bits per heavy atom. The number of nitrogens with one attached hydrogen (secondary N) is 1. The molecular formula is C14H12N2O2S. The molecule has 0 atom stereocenters. The van der Waals surface area contributed by atoms with Crippen LogP contribution in [0.25, 0.3) is 11.1 Å². The highest BCUT2D eigenvalue weighted by atomic mass is 32.2. The SMILES string of the molecule is Nc1cc2oc(=O)[nH]c2cc1SCc1ccccc1. The van der Waals surface area contributed by atoms with Crippen LogP contribution in [0.1, 0.15) is 5.56 Å². The lowest BCUT2D eigenvalue weighted by atomic mass is 10.2. The monoisotopic (exact) mass is 272 g/mol. The third-order valence-corrected chi connectivity index (χ3v) is 3.93. The van der Waals surface area contributed by atoms with Gasteiger partial charge in [0, 0.05) is 22.4 Å². The maximum Gasteiger partial charge on any atom is 0.417 e. The third kappa shape index (κ3) is 2.51. The molecule has 5 heteroatoms. The Bertz CT molecular complexity index is 762. The molecule has 0 spiro atoms. The standard InChI is InChI=1S/C14H12N2O2S/c15-10-6-12-11(16-14(17)18-12)7-13(10)19-8-9-4-2-1-3-5-9/h1-7H,8,15H2,(H,16,17). The van der Waals surface area contributed by atoms with Crippen LogP contribution < -0.4 is 11.5 Å². The quantitative estimate of drug-likeness (QED) is 0.568. The van der Waals surface area contributed by atoms with E-state index in [1.807, 2.05) is 24.3 Å². The van der Waals surface area contributed by atoms with Crippen LogP contribution in [0.4, 0.5) is 5.69 Å². The number of aromatic nitrogens is 1. The van der Waals surface area contributed by atoms with Crippen LogP contribution in [0, 0.1) is 0 Å². The lowest BCUT2D eigenvalue weighted by Crippen LogP contribution is -1.93. The molecule has 2 aromatic carbocycles. The molecule has 1 aromatic heterocycles. The van der Waals surface area contributed by atoms with E-state index >= 15 is 0 Å². The minimum absolute atomic E-state index is 0.459. The second-order valence-corrected chi connectivity index (χ2v) is 5.19. The van der Waals surface area contributed by atoms with Crippen LogP contribution in [-0.2, 0) is 5.75 Å². The summed E-state index contributed by atoms with van der Waals surface area (Å²) < 4.78 is 4.97. The zero-order valence-corrected chi connectivity index (χ0v) is 10.9. The predicted octanol–water partition coefficient (Wildman–Crippen LogP) is 3.00. The van der Waals surface area contributed by atoms with E-state index in [1.165, 1.54) is 5.56 Å². The number of nitrogens with two attached hydrogens (primary N) is 1. The third-order valence-electron chi connectivity index (χ3n) is 2.79. The summed E-state index contributed by atoms with van der Waals surface area (Å²) in [6.07, 6.45) is 0. The van der Waals surface area contributed by atoms with Gasteiger partial charge in [0.15, 0.2) is 5.58 Å². The molecule has 0 aliphatic rings. The first-order valence-electron chi connectivity index (χ1n) is 5.81. The summed E-state index contributed by atoms with van der Waals surface area (Å²) >= 11 is 1.64. The summed E-state index contributed by atoms with van der Waals surface area (Å²) in [6.45, 7) is 0. The van der Waals surface area contributed by atoms with Gasteiger partial charge in [-0.2, -0.15) is 0 Å². The molecule has 3 N–H and O–H groups in total. The van der Waals surface area contributed by atoms with Crippen LogP contribution >= 0.6 is 11.8 Å². The summed E-state index contributed by atoms with van der Waals surface area (Å²) in [6, 6.07) is 13.7. The molecule has 0 amide bonds. The van der Waals surface area contributed by atoms with Gasteiger partial charge in [-0.05, 0) is 11.6 Å². The number of H-pyrrole nitrogens is 1. The van der Waals surface area contributed by atoms with Crippen molar-refractivity contribution in [3.05, 3.63) is 58.6 Å². The van der Waals surface area contributed by atoms with Crippen molar-refractivity contribution < 1.29 is 4.42 Å². The molecule has 3 rings (SSSR count). The Morgan fingerprint density at radius 1 is 1.21 bits per heavy atom. The van der Waals surface area contributed by atoms with Gasteiger partial charge < -0.3 is 10.2 Å². The van der Waals surface area contributed by atoms with E-state index in [4.69, 9.17) is 10.2 Å². The van der Waals surface area contributed by atoms with Gasteiger partial charge in [0.05, 0.1) is 5.52 Å². The fourth-order valence-electron chi connectivity index (χ4n) is 1.85. The highest BCUT2D eigenvalue weighted by Gasteiger charge is 2.07. The van der Waals surface area contributed by atoms with E-state index in [9.17, 15) is 4.79 Å². The molecule has 0 radical (unpaired) electrons. The average molecular weight is 272 g/mol. The zero-order chi connectivity index (χ0) is 13.2. The smallest absolute Gasteiger partial charge is 0.408 e. The Kier molecular flexibility index (Phi) is 3.05. The molecule has 0 aliphatic heterocycles. The van der Waals surface area contributed by atoms with E-state index in [2.05, 4.69) is 17.1 Å². The number of rotatable bonds is 3. The van der Waals surface area contributed by atoms with Crippen LogP contribution in [0.3, 0.4) is 0 Å². The van der Waals surface area contributed by atoms with Crippen molar-refractivity contribution in [3.63, 3.8) is 0 Å². The lowest BCUT2D eigenvalue weighted by Gasteiger charge is -2.05. The minimum atomic E-state index is -0.459. The largest absolute Gasteiger partial charge is 0.417 e. The van der Waals surface area contributed by atoms with Crippen LogP contribution in [0.5, 0.6) is 0 Å². The number of aromatic amines is 1. The van der Waals surface area contributed by atoms with E-state index in [-0.39, 0.29) is 0 Å². The topological polar surface area (TPSA) is 72.0 Å². The molecule has 0 bridgehead atoms. The van der Waals surface area contributed by atoms with Gasteiger partial charge in [0.1, 0.15) is 0 Å². The molecule has 0 saturated carbocycles. The van der Waals surface area contributed by atoms with E-state index in [0.29, 0.717) is 16.8 Å². The summed E-state index contributed by atoms with van der Waals surface area (Å²) in [5.41, 5.74) is 8.98. The number of hydrogen-bond donors (Lipinski definition) is 2. The molecule has 19 heavy (non-hydrogen) atoms. The van der Waals surface area contributed by atoms with Crippen molar-refractivity contribution in [1.29, 1.82) is 0 Å². The van der Waals surface area contributed by atoms with Gasteiger partial charge in [-0.1, -0.05) is 30.3 Å². The maximum absolute atomic E-state index is 11.1. The number of nitrogen functional groups attached to an aromatic ring is 1. The molecule has 1 heterocycles. The zero-order valence-electron chi connectivity index (χ0n) is 10.1. The molecular weight excluding hydrogens is 260 g/mol. The van der Waals surface area contributed by atoms with E-state index in [1.54, 1.807) is 17.8 Å². The predicted molar refractivity (Wildman–Crippen MR) is 77.3 cm³/mol. The summed E-state index contributed by atoms with van der Waals surface area (Å²) in [5.74, 6) is 0.373. The summed E-state index contributed by atoms with van der Waals surface area (Å²) in [5, 5.41) is 0. The molecule has 96 valence electrons. The average Bonchev–Trinajstić information content (AvgIpc) is 2.76. The van der Waals surface area contributed by atoms with Gasteiger partial charge in [-0.3, -0.25) is 4.98 Å². The Labute approximate surface area is 113 Å². The molecule has 0 saturated heterocycles. The minimum Gasteiger partial charge on any atom is -0.408 e. The molecule has 4 nitrogen and oxygen atoms in total. The summed E-state index contributed by atoms with van der Waals surface area (Å²) in [4.78, 5) is 14.7. The van der Waals surface area contributed by atoms with Crippen molar-refractivity contribution in [2.24, 2.45) is 0 Å². The fraction of sp³-hybridized carbons (Fsp3) is 0.0714. The van der Waals surface area contributed by atoms with Gasteiger partial charge in [0.25, 0.3) is 0 Å². The highest BCUT2D eigenvalue weighted by Crippen LogP contribution is 2.31. The van der Waals surface area contributed by atoms with E-state index in [0.717, 1.165) is 10.6 Å². The Balaban J connectivity index is 1.88. The first kappa shape index (κ1) is 11.9. The number of benzene rings is 2. The van der Waals surface area contributed by atoms with Gasteiger partial charge in [-0.25, -0.2) is 4.79 Å². The number of oxazole rings is 1. The fourth-order valence-corrected chi connectivity index (χ4v) is 2.79. The van der Waals surface area contributed by atoms with Crippen molar-refractivity contribution in [2.75, 3.05) is 5.73 Å². The number of anilines is 1.